The van der Waals surface area contributed by atoms with E-state index in [-0.39, 0.29) is 42.7 Å². The highest BCUT2D eigenvalue weighted by Crippen LogP contribution is 2.24. The molecule has 3 atom stereocenters. The molecule has 0 aliphatic carbocycles. The van der Waals surface area contributed by atoms with Crippen LogP contribution in [0.4, 0.5) is 0 Å². The maximum Gasteiger partial charge on any atom is 0.281 e. The van der Waals surface area contributed by atoms with E-state index in [1.807, 2.05) is 72.9 Å². The quantitative estimate of drug-likeness (QED) is 0.224. The van der Waals surface area contributed by atoms with Gasteiger partial charge in [-0.3, -0.25) is 9.59 Å². The van der Waals surface area contributed by atoms with Crippen molar-refractivity contribution >= 4 is 22.7 Å². The Kier molecular flexibility index (Phi) is 10.4. The molecule has 1 aliphatic heterocycles. The largest absolute Gasteiger partial charge is 1.00 e. The molecule has 1 aromatic heterocycles. The molecule has 1 aliphatic rings. The molecule has 1 saturated heterocycles. The number of fused-ring (bicyclic) bond motifs is 1. The lowest BCUT2D eigenvalue weighted by Gasteiger charge is -2.28. The van der Waals surface area contributed by atoms with Crippen molar-refractivity contribution in [2.75, 3.05) is 6.54 Å². The normalized spacial score (nSPS) is 16.2. The Morgan fingerprint density at radius 2 is 1.58 bits per heavy atom. The summed E-state index contributed by atoms with van der Waals surface area (Å²) in [6.07, 6.45) is 4.67. The van der Waals surface area contributed by atoms with Crippen LogP contribution in [0.5, 0.6) is 0 Å². The van der Waals surface area contributed by atoms with Gasteiger partial charge < -0.3 is 45.7 Å². The third-order valence-electron chi connectivity index (χ3n) is 7.13. The molecule has 0 saturated carbocycles. The number of nitrogens with zero attached hydrogens (tertiary/aromatic N) is 1. The Labute approximate surface area is 235 Å². The number of likely N-dealkylation sites (tertiary alicyclic amines) is 1. The number of quaternary nitrogens is 1. The van der Waals surface area contributed by atoms with Gasteiger partial charge in [-0.15, -0.1) is 0 Å². The fraction of sp³-hybridized carbons (Fsp3) is 0.267. The topological polar surface area (TPSA) is 92.8 Å². The molecule has 200 valence electrons. The third-order valence-corrected chi connectivity index (χ3v) is 7.13. The van der Waals surface area contributed by atoms with Crippen molar-refractivity contribution in [2.24, 2.45) is 0 Å². The first-order valence-corrected chi connectivity index (χ1v) is 12.7. The van der Waals surface area contributed by atoms with E-state index in [0.717, 1.165) is 34.0 Å². The number of aromatic nitrogens is 1. The van der Waals surface area contributed by atoms with Gasteiger partial charge in [0, 0.05) is 30.1 Å². The lowest BCUT2D eigenvalue weighted by atomic mass is 9.98. The monoisotopic (exact) mass is 551 g/mol. The van der Waals surface area contributed by atoms with E-state index in [1.165, 1.54) is 0 Å². The Hall–Kier alpha value is -3.32. The number of carbonyl (C=O) groups excluding carboxylic acids is 2. The van der Waals surface area contributed by atoms with Gasteiger partial charge in [0.05, 0.1) is 6.04 Å². The molecule has 0 unspecified atom stereocenters. The summed E-state index contributed by atoms with van der Waals surface area (Å²) in [6.45, 7) is 0.589. The minimum atomic E-state index is -0.466. The van der Waals surface area contributed by atoms with Crippen molar-refractivity contribution < 1.29 is 40.1 Å². The summed E-state index contributed by atoms with van der Waals surface area (Å²) in [5.41, 5.74) is 8.52. The molecule has 2 amide bonds. The molecular weight excluding hydrogens is 519 g/mol. The van der Waals surface area contributed by atoms with Crippen LogP contribution in [0.2, 0.25) is 0 Å². The summed E-state index contributed by atoms with van der Waals surface area (Å²) >= 11 is 0. The Balaban J connectivity index is 0.00000200. The number of aromatic amines is 1. The highest BCUT2D eigenvalue weighted by molar-refractivity contribution is 5.91. The van der Waals surface area contributed by atoms with E-state index in [4.69, 9.17) is 0 Å². The molecule has 0 spiro atoms. The highest BCUT2D eigenvalue weighted by Gasteiger charge is 2.38. The summed E-state index contributed by atoms with van der Waals surface area (Å²) in [7, 11) is 0. The van der Waals surface area contributed by atoms with Crippen LogP contribution < -0.4 is 35.9 Å². The second-order valence-corrected chi connectivity index (χ2v) is 9.61. The molecule has 38 heavy (non-hydrogen) atoms. The van der Waals surface area contributed by atoms with Gasteiger partial charge in [0.2, 0.25) is 5.91 Å². The lowest BCUT2D eigenvalue weighted by Crippen LogP contribution is -3.00. The van der Waals surface area contributed by atoms with Crippen LogP contribution in [0.15, 0.2) is 91.1 Å². The number of para-hydroxylation sites is 1. The van der Waals surface area contributed by atoms with Crippen molar-refractivity contribution in [3.63, 3.8) is 0 Å². The summed E-state index contributed by atoms with van der Waals surface area (Å²) in [4.78, 5) is 32.0. The summed E-state index contributed by atoms with van der Waals surface area (Å²) in [6, 6.07) is 27.2. The smallest absolute Gasteiger partial charge is 0.281 e. The molecule has 6 nitrogen and oxygen atoms in total. The first kappa shape index (κ1) is 29.2. The predicted molar refractivity (Wildman–Crippen MR) is 141 cm³/mol. The van der Waals surface area contributed by atoms with Gasteiger partial charge in [-0.1, -0.05) is 78.9 Å². The van der Waals surface area contributed by atoms with Gasteiger partial charge in [-0.2, -0.15) is 0 Å². The average molecular weight is 553 g/mol. The van der Waals surface area contributed by atoms with Crippen molar-refractivity contribution in [1.29, 1.82) is 0 Å². The second-order valence-electron chi connectivity index (χ2n) is 9.61. The second kappa shape index (κ2) is 13.5. The Morgan fingerprint density at radius 1 is 0.921 bits per heavy atom. The molecule has 5 rings (SSSR count). The summed E-state index contributed by atoms with van der Waals surface area (Å²) in [5, 5.41) is 4.37. The zero-order chi connectivity index (χ0) is 24.9. The first-order chi connectivity index (χ1) is 17.6. The van der Waals surface area contributed by atoms with Gasteiger partial charge in [-0.05, 0) is 42.0 Å². The third kappa shape index (κ3) is 6.57. The minimum Gasteiger partial charge on any atom is -1.00 e. The van der Waals surface area contributed by atoms with Gasteiger partial charge in [0.1, 0.15) is 6.04 Å². The van der Waals surface area contributed by atoms with Crippen LogP contribution in [0.3, 0.4) is 0 Å². The van der Waals surface area contributed by atoms with E-state index >= 15 is 0 Å². The molecule has 0 radical (unpaired) electrons. The van der Waals surface area contributed by atoms with Crippen molar-refractivity contribution in [3.8, 4) is 0 Å². The SMILES string of the molecule is [Cl-].[Cl-].[NH3+][C@@H](Cc1c[nH]c2ccccc12)C(=O)N1CCC[C@H]1C(=O)N[C@@H](Cc1ccccc1)c1ccccc1. The first-order valence-electron chi connectivity index (χ1n) is 12.7. The van der Waals surface area contributed by atoms with Gasteiger partial charge in [0.15, 0.2) is 6.04 Å². The number of rotatable bonds is 8. The molecule has 3 aromatic carbocycles. The molecule has 8 heteroatoms. The van der Waals surface area contributed by atoms with Crippen LogP contribution in [-0.4, -0.2) is 40.3 Å². The Bertz CT molecular complexity index is 1330. The van der Waals surface area contributed by atoms with E-state index in [1.54, 1.807) is 4.90 Å². The standard InChI is InChI=1S/C30H32N4O2.2ClH/c31-25(19-23-20-32-26-15-8-7-14-24(23)26)30(36)34-17-9-16-28(34)29(35)33-27(22-12-5-2-6-13-22)18-21-10-3-1-4-11-21;;/h1-8,10-15,20,25,27-28,32H,9,16-19,31H2,(H,33,35);2*1H/p-1/t25-,27-,28-;;/m0../s1. The van der Waals surface area contributed by atoms with Crippen LogP contribution in [-0.2, 0) is 22.4 Å². The molecule has 2 heterocycles. The summed E-state index contributed by atoms with van der Waals surface area (Å²) < 4.78 is 0. The van der Waals surface area contributed by atoms with Gasteiger partial charge >= 0.3 is 0 Å². The molecule has 4 aromatic rings. The van der Waals surface area contributed by atoms with E-state index in [9.17, 15) is 9.59 Å². The average Bonchev–Trinajstić information content (AvgIpc) is 3.57. The predicted octanol–water partition coefficient (Wildman–Crippen LogP) is -2.58. The van der Waals surface area contributed by atoms with Crippen molar-refractivity contribution in [3.05, 3.63) is 108 Å². The maximum atomic E-state index is 13.5. The zero-order valence-electron chi connectivity index (χ0n) is 21.2. The number of benzene rings is 3. The number of hydrogen-bond donors (Lipinski definition) is 3. The Morgan fingerprint density at radius 3 is 2.32 bits per heavy atom. The molecule has 0 bridgehead atoms. The minimum absolute atomic E-state index is 0. The maximum absolute atomic E-state index is 13.5. The van der Waals surface area contributed by atoms with Crippen LogP contribution in [0.1, 0.15) is 35.6 Å². The molecular formula is C30H33Cl2N4O2-. The number of halogens is 2. The van der Waals surface area contributed by atoms with Crippen LogP contribution >= 0.6 is 0 Å². The number of carbonyl (C=O) groups is 2. The lowest BCUT2D eigenvalue weighted by molar-refractivity contribution is -0.405. The highest BCUT2D eigenvalue weighted by atomic mass is 35.5. The number of H-pyrrole nitrogens is 1. The van der Waals surface area contributed by atoms with Crippen LogP contribution in [0, 0.1) is 0 Å². The fourth-order valence-electron chi connectivity index (χ4n) is 5.25. The fourth-order valence-corrected chi connectivity index (χ4v) is 5.25. The van der Waals surface area contributed by atoms with Gasteiger partial charge in [0.25, 0.3) is 5.91 Å². The summed E-state index contributed by atoms with van der Waals surface area (Å²) in [5.74, 6) is -0.151. The van der Waals surface area contributed by atoms with E-state index in [2.05, 4.69) is 34.2 Å². The number of amides is 2. The molecule has 1 fully saturated rings. The zero-order valence-corrected chi connectivity index (χ0v) is 22.7. The molecule has 5 N–H and O–H groups in total. The van der Waals surface area contributed by atoms with Crippen molar-refractivity contribution in [2.45, 2.75) is 43.8 Å². The van der Waals surface area contributed by atoms with Gasteiger partial charge in [-0.25, -0.2) is 0 Å². The van der Waals surface area contributed by atoms with E-state index in [0.29, 0.717) is 25.8 Å². The number of hydrogen-bond acceptors (Lipinski definition) is 2. The van der Waals surface area contributed by atoms with Crippen LogP contribution in [0.25, 0.3) is 10.9 Å². The van der Waals surface area contributed by atoms with Crippen molar-refractivity contribution in [1.82, 2.24) is 15.2 Å². The number of nitrogens with one attached hydrogen (secondary N) is 2. The van der Waals surface area contributed by atoms with E-state index < -0.39 is 12.1 Å².